The van der Waals surface area contributed by atoms with E-state index in [1.807, 2.05) is 0 Å². The largest absolute Gasteiger partial charge is 0.330 e. The molecule has 0 spiro atoms. The van der Waals surface area contributed by atoms with Gasteiger partial charge in [-0.1, -0.05) is 0 Å². The molecule has 1 saturated carbocycles. The lowest BCUT2D eigenvalue weighted by Gasteiger charge is -1.97. The Morgan fingerprint density at radius 1 is 1.50 bits per heavy atom. The number of rotatable bonds is 4. The Balaban J connectivity index is 1.74. The maximum Gasteiger partial charge on any atom is 0.00682 e. The van der Waals surface area contributed by atoms with Crippen LogP contribution in [0.1, 0.15) is 19.3 Å². The normalized spacial score (nSPS) is 19.1. The molecule has 0 atom stereocenters. The quantitative estimate of drug-likeness (QED) is 0.508. The molecule has 0 radical (unpaired) electrons. The fourth-order valence-corrected chi connectivity index (χ4v) is 0.696. The highest BCUT2D eigenvalue weighted by atomic mass is 14.9. The smallest absolute Gasteiger partial charge is 0.00682 e. The minimum atomic E-state index is 0.819. The second kappa shape index (κ2) is 3.05. The highest BCUT2D eigenvalue weighted by molar-refractivity contribution is 4.80. The molecule has 0 aromatic carbocycles. The van der Waals surface area contributed by atoms with E-state index in [0.717, 1.165) is 25.6 Å². The fourth-order valence-electron chi connectivity index (χ4n) is 0.696. The van der Waals surface area contributed by atoms with Gasteiger partial charge >= 0.3 is 0 Å². The van der Waals surface area contributed by atoms with E-state index in [-0.39, 0.29) is 0 Å². The molecule has 1 rings (SSSR count). The van der Waals surface area contributed by atoms with Gasteiger partial charge in [-0.15, -0.1) is 0 Å². The summed E-state index contributed by atoms with van der Waals surface area (Å²) in [5.74, 6) is 0. The maximum atomic E-state index is 5.30. The van der Waals surface area contributed by atoms with Crippen molar-refractivity contribution in [3.63, 3.8) is 0 Å². The summed E-state index contributed by atoms with van der Waals surface area (Å²) in [4.78, 5) is 0. The van der Waals surface area contributed by atoms with Gasteiger partial charge in [0.2, 0.25) is 0 Å². The van der Waals surface area contributed by atoms with Crippen LogP contribution in [-0.2, 0) is 0 Å². The molecule has 0 amide bonds. The van der Waals surface area contributed by atoms with Crippen molar-refractivity contribution in [2.45, 2.75) is 25.3 Å². The van der Waals surface area contributed by atoms with Crippen molar-refractivity contribution >= 4 is 0 Å². The lowest BCUT2D eigenvalue weighted by atomic mass is 10.4. The molecule has 0 saturated heterocycles. The molecule has 1 aliphatic carbocycles. The van der Waals surface area contributed by atoms with E-state index in [4.69, 9.17) is 5.73 Å². The average molecular weight is 114 g/mol. The van der Waals surface area contributed by atoms with Crippen LogP contribution in [0.15, 0.2) is 0 Å². The molecule has 1 fully saturated rings. The molecule has 48 valence electrons. The van der Waals surface area contributed by atoms with Gasteiger partial charge in [-0.25, -0.2) is 0 Å². The van der Waals surface area contributed by atoms with Crippen LogP contribution in [0.25, 0.3) is 0 Å². The van der Waals surface area contributed by atoms with E-state index >= 15 is 0 Å². The molecule has 2 heteroatoms. The third-order valence-corrected chi connectivity index (χ3v) is 1.39. The predicted molar refractivity (Wildman–Crippen MR) is 34.7 cm³/mol. The SMILES string of the molecule is NCCCNC1CC1. The van der Waals surface area contributed by atoms with E-state index in [2.05, 4.69) is 5.32 Å². The minimum absolute atomic E-state index is 0.819. The van der Waals surface area contributed by atoms with Gasteiger partial charge < -0.3 is 11.1 Å². The molecule has 0 aromatic heterocycles. The topological polar surface area (TPSA) is 38.0 Å². The Morgan fingerprint density at radius 2 is 2.25 bits per heavy atom. The second-order valence-electron chi connectivity index (χ2n) is 2.37. The van der Waals surface area contributed by atoms with Crippen LogP contribution in [0, 0.1) is 0 Å². The van der Waals surface area contributed by atoms with Crippen molar-refractivity contribution in [2.24, 2.45) is 5.73 Å². The Hall–Kier alpha value is -0.0800. The third-order valence-electron chi connectivity index (χ3n) is 1.39. The van der Waals surface area contributed by atoms with Gasteiger partial charge in [0, 0.05) is 6.04 Å². The predicted octanol–water partition coefficient (Wildman–Crippen LogP) is 0.0872. The molecule has 8 heavy (non-hydrogen) atoms. The first-order valence-corrected chi connectivity index (χ1v) is 3.37. The van der Waals surface area contributed by atoms with Crippen molar-refractivity contribution < 1.29 is 0 Å². The fraction of sp³-hybridized carbons (Fsp3) is 1.00. The summed E-state index contributed by atoms with van der Waals surface area (Å²) in [5, 5.41) is 3.38. The van der Waals surface area contributed by atoms with Gasteiger partial charge in [-0.05, 0) is 32.4 Å². The summed E-state index contributed by atoms with van der Waals surface area (Å²) < 4.78 is 0. The first-order chi connectivity index (χ1) is 3.93. The monoisotopic (exact) mass is 114 g/mol. The van der Waals surface area contributed by atoms with Crippen molar-refractivity contribution in [2.75, 3.05) is 13.1 Å². The van der Waals surface area contributed by atoms with Gasteiger partial charge in [-0.3, -0.25) is 0 Å². The Morgan fingerprint density at radius 3 is 2.75 bits per heavy atom. The molecule has 2 nitrogen and oxygen atoms in total. The zero-order valence-corrected chi connectivity index (χ0v) is 5.19. The van der Waals surface area contributed by atoms with Crippen LogP contribution in [0.2, 0.25) is 0 Å². The lowest BCUT2D eigenvalue weighted by molar-refractivity contribution is 0.651. The van der Waals surface area contributed by atoms with Crippen LogP contribution in [0.4, 0.5) is 0 Å². The highest BCUT2D eigenvalue weighted by Crippen LogP contribution is 2.17. The van der Waals surface area contributed by atoms with E-state index in [1.54, 1.807) is 0 Å². The number of hydrogen-bond donors (Lipinski definition) is 2. The summed E-state index contributed by atoms with van der Waals surface area (Å²) in [5.41, 5.74) is 5.30. The molecule has 0 unspecified atom stereocenters. The summed E-state index contributed by atoms with van der Waals surface area (Å²) in [6.45, 7) is 1.93. The first-order valence-electron chi connectivity index (χ1n) is 3.37. The second-order valence-corrected chi connectivity index (χ2v) is 2.37. The standard InChI is InChI=1S/C6H14N2/c7-4-1-5-8-6-2-3-6/h6,8H,1-5,7H2. The molecular formula is C6H14N2. The summed E-state index contributed by atoms with van der Waals surface area (Å²) in [7, 11) is 0. The number of nitrogens with one attached hydrogen (secondary N) is 1. The van der Waals surface area contributed by atoms with Crippen LogP contribution < -0.4 is 11.1 Å². The molecule has 0 bridgehead atoms. The number of nitrogens with two attached hydrogens (primary N) is 1. The van der Waals surface area contributed by atoms with Gasteiger partial charge in [-0.2, -0.15) is 0 Å². The van der Waals surface area contributed by atoms with E-state index in [1.165, 1.54) is 12.8 Å². The molecule has 3 N–H and O–H groups in total. The summed E-state index contributed by atoms with van der Waals surface area (Å²) >= 11 is 0. The van der Waals surface area contributed by atoms with Gasteiger partial charge in [0.25, 0.3) is 0 Å². The van der Waals surface area contributed by atoms with Crippen molar-refractivity contribution in [1.82, 2.24) is 5.32 Å². The van der Waals surface area contributed by atoms with Crippen LogP contribution in [0.5, 0.6) is 0 Å². The Labute approximate surface area is 50.4 Å². The van der Waals surface area contributed by atoms with Gasteiger partial charge in [0.1, 0.15) is 0 Å². The minimum Gasteiger partial charge on any atom is -0.330 e. The molecule has 1 aliphatic rings. The highest BCUT2D eigenvalue weighted by Gasteiger charge is 2.19. The maximum absolute atomic E-state index is 5.30. The molecule has 0 aliphatic heterocycles. The van der Waals surface area contributed by atoms with E-state index in [0.29, 0.717) is 0 Å². The van der Waals surface area contributed by atoms with Gasteiger partial charge in [0.15, 0.2) is 0 Å². The lowest BCUT2D eigenvalue weighted by Crippen LogP contribution is -2.19. The van der Waals surface area contributed by atoms with Crippen LogP contribution >= 0.6 is 0 Å². The Bertz CT molecular complexity index is 59.5. The zero-order valence-electron chi connectivity index (χ0n) is 5.19. The van der Waals surface area contributed by atoms with E-state index < -0.39 is 0 Å². The zero-order chi connectivity index (χ0) is 5.82. The molecule has 0 aromatic rings. The third kappa shape index (κ3) is 2.28. The van der Waals surface area contributed by atoms with Crippen molar-refractivity contribution in [3.05, 3.63) is 0 Å². The van der Waals surface area contributed by atoms with Gasteiger partial charge in [0.05, 0.1) is 0 Å². The summed E-state index contributed by atoms with van der Waals surface area (Å²) in [6, 6.07) is 0.849. The Kier molecular flexibility index (Phi) is 2.30. The van der Waals surface area contributed by atoms with Crippen LogP contribution in [0.3, 0.4) is 0 Å². The first kappa shape index (κ1) is 6.05. The summed E-state index contributed by atoms with van der Waals surface area (Å²) in [6.07, 6.45) is 3.88. The van der Waals surface area contributed by atoms with Crippen molar-refractivity contribution in [1.29, 1.82) is 0 Å². The number of hydrogen-bond acceptors (Lipinski definition) is 2. The average Bonchev–Trinajstić information content (AvgIpc) is 2.51. The van der Waals surface area contributed by atoms with Crippen molar-refractivity contribution in [3.8, 4) is 0 Å². The van der Waals surface area contributed by atoms with E-state index in [9.17, 15) is 0 Å². The molecule has 0 heterocycles. The molecular weight excluding hydrogens is 100 g/mol. The van der Waals surface area contributed by atoms with Crippen LogP contribution in [-0.4, -0.2) is 19.1 Å².